The van der Waals surface area contributed by atoms with Crippen molar-refractivity contribution < 1.29 is 22.7 Å². The summed E-state index contributed by atoms with van der Waals surface area (Å²) in [6.45, 7) is 1.74. The molecule has 1 atom stereocenters. The van der Waals surface area contributed by atoms with Gasteiger partial charge in [0, 0.05) is 18.1 Å². The maximum atomic E-state index is 12.1. The van der Waals surface area contributed by atoms with Crippen molar-refractivity contribution in [3.8, 4) is 0 Å². The van der Waals surface area contributed by atoms with Gasteiger partial charge < -0.3 is 10.1 Å². The second-order valence-electron chi connectivity index (χ2n) is 6.26. The van der Waals surface area contributed by atoms with Crippen LogP contribution < -0.4 is 10.0 Å². The third kappa shape index (κ3) is 7.84. The number of esters is 1. The number of hydrogen-bond donors (Lipinski definition) is 2. The number of carbonyl (C=O) groups excluding carboxylic acids is 2. The van der Waals surface area contributed by atoms with Crippen molar-refractivity contribution in [3.63, 3.8) is 0 Å². The van der Waals surface area contributed by atoms with Gasteiger partial charge in [-0.3, -0.25) is 9.59 Å². The van der Waals surface area contributed by atoms with Gasteiger partial charge in [-0.2, -0.15) is 0 Å². The van der Waals surface area contributed by atoms with Gasteiger partial charge >= 0.3 is 5.97 Å². The third-order valence-corrected chi connectivity index (χ3v) is 5.71. The zero-order valence-corrected chi connectivity index (χ0v) is 17.5. The van der Waals surface area contributed by atoms with E-state index < -0.39 is 28.0 Å². The standard InChI is InChI=1S/C20H23ClN2O5S/c1-15(20(25)22-13-11-16-5-3-2-4-6-16)28-19(24)12-14-23-29(26,27)18-9-7-17(21)8-10-18/h2-10,15,23H,11-14H2,1H3,(H,22,25)/t15-/m0/s1. The Bertz CT molecular complexity index is 918. The number of sulfonamides is 1. The monoisotopic (exact) mass is 438 g/mol. The Morgan fingerprint density at radius 1 is 1.03 bits per heavy atom. The lowest BCUT2D eigenvalue weighted by molar-refractivity contribution is -0.154. The van der Waals surface area contributed by atoms with Gasteiger partial charge in [0.15, 0.2) is 6.10 Å². The fourth-order valence-electron chi connectivity index (χ4n) is 2.41. The molecule has 29 heavy (non-hydrogen) atoms. The first-order valence-electron chi connectivity index (χ1n) is 9.04. The van der Waals surface area contributed by atoms with E-state index >= 15 is 0 Å². The van der Waals surface area contributed by atoms with Crippen LogP contribution in [-0.2, 0) is 30.8 Å². The lowest BCUT2D eigenvalue weighted by Crippen LogP contribution is -2.37. The fraction of sp³-hybridized carbons (Fsp3) is 0.300. The summed E-state index contributed by atoms with van der Waals surface area (Å²) < 4.78 is 31.6. The van der Waals surface area contributed by atoms with Crippen LogP contribution in [0.25, 0.3) is 0 Å². The summed E-state index contributed by atoms with van der Waals surface area (Å²) in [7, 11) is -3.75. The zero-order valence-electron chi connectivity index (χ0n) is 15.9. The van der Waals surface area contributed by atoms with Crippen LogP contribution in [0.5, 0.6) is 0 Å². The summed E-state index contributed by atoms with van der Waals surface area (Å²) in [5, 5.41) is 3.12. The molecule has 156 valence electrons. The van der Waals surface area contributed by atoms with Crippen LogP contribution in [0.2, 0.25) is 5.02 Å². The molecule has 2 aromatic carbocycles. The van der Waals surface area contributed by atoms with Crippen molar-refractivity contribution in [3.05, 3.63) is 65.2 Å². The third-order valence-electron chi connectivity index (χ3n) is 3.98. The molecule has 0 unspecified atom stereocenters. The quantitative estimate of drug-likeness (QED) is 0.554. The minimum atomic E-state index is -3.75. The van der Waals surface area contributed by atoms with Crippen molar-refractivity contribution in [1.82, 2.24) is 10.0 Å². The molecule has 2 N–H and O–H groups in total. The average molecular weight is 439 g/mol. The molecule has 0 spiro atoms. The molecule has 2 rings (SSSR count). The number of halogens is 1. The molecular formula is C20H23ClN2O5S. The van der Waals surface area contributed by atoms with Crippen LogP contribution in [0.15, 0.2) is 59.5 Å². The first-order chi connectivity index (χ1) is 13.8. The summed E-state index contributed by atoms with van der Waals surface area (Å²) in [6, 6.07) is 15.3. The summed E-state index contributed by atoms with van der Waals surface area (Å²) >= 11 is 5.74. The molecule has 9 heteroatoms. The predicted molar refractivity (Wildman–Crippen MR) is 110 cm³/mol. The van der Waals surface area contributed by atoms with Gasteiger partial charge in [-0.05, 0) is 43.2 Å². The van der Waals surface area contributed by atoms with E-state index in [0.29, 0.717) is 18.0 Å². The molecule has 7 nitrogen and oxygen atoms in total. The minimum Gasteiger partial charge on any atom is -0.453 e. The molecule has 0 saturated heterocycles. The van der Waals surface area contributed by atoms with E-state index in [4.69, 9.17) is 16.3 Å². The summed E-state index contributed by atoms with van der Waals surface area (Å²) in [6.07, 6.45) is -0.500. The molecule has 0 heterocycles. The highest BCUT2D eigenvalue weighted by Crippen LogP contribution is 2.13. The van der Waals surface area contributed by atoms with E-state index in [1.165, 1.54) is 31.2 Å². The van der Waals surface area contributed by atoms with Crippen molar-refractivity contribution in [1.29, 1.82) is 0 Å². The molecular weight excluding hydrogens is 416 g/mol. The Kier molecular flexibility index (Phi) is 8.63. The summed E-state index contributed by atoms with van der Waals surface area (Å²) in [5.74, 6) is -1.08. The molecule has 1 amide bonds. The maximum absolute atomic E-state index is 12.1. The van der Waals surface area contributed by atoms with Gasteiger partial charge in [0.05, 0.1) is 11.3 Å². The first-order valence-corrected chi connectivity index (χ1v) is 10.9. The Morgan fingerprint density at radius 3 is 2.34 bits per heavy atom. The molecule has 0 bridgehead atoms. The molecule has 0 aliphatic carbocycles. The van der Waals surface area contributed by atoms with E-state index in [1.807, 2.05) is 30.3 Å². The Labute approximate surface area is 175 Å². The maximum Gasteiger partial charge on any atom is 0.307 e. The highest BCUT2D eigenvalue weighted by Gasteiger charge is 2.18. The van der Waals surface area contributed by atoms with Gasteiger partial charge in [0.25, 0.3) is 5.91 Å². The highest BCUT2D eigenvalue weighted by atomic mass is 35.5. The number of carbonyl (C=O) groups is 2. The normalized spacial score (nSPS) is 12.2. The second kappa shape index (κ2) is 10.9. The number of amides is 1. The van der Waals surface area contributed by atoms with Gasteiger partial charge in [-0.1, -0.05) is 41.9 Å². The molecule has 2 aromatic rings. The van der Waals surface area contributed by atoms with E-state index in [9.17, 15) is 18.0 Å². The van der Waals surface area contributed by atoms with Crippen LogP contribution in [0.4, 0.5) is 0 Å². The van der Waals surface area contributed by atoms with Gasteiger partial charge in [-0.25, -0.2) is 13.1 Å². The molecule has 0 radical (unpaired) electrons. The van der Waals surface area contributed by atoms with E-state index in [2.05, 4.69) is 10.0 Å². The van der Waals surface area contributed by atoms with Crippen LogP contribution in [0.1, 0.15) is 18.9 Å². The van der Waals surface area contributed by atoms with Gasteiger partial charge in [0.1, 0.15) is 0 Å². The van der Waals surface area contributed by atoms with Gasteiger partial charge in [-0.15, -0.1) is 0 Å². The molecule has 0 aliphatic rings. The van der Waals surface area contributed by atoms with Crippen LogP contribution in [0, 0.1) is 0 Å². The number of hydrogen-bond acceptors (Lipinski definition) is 5. The Morgan fingerprint density at radius 2 is 1.69 bits per heavy atom. The average Bonchev–Trinajstić information content (AvgIpc) is 2.68. The van der Waals surface area contributed by atoms with Crippen LogP contribution >= 0.6 is 11.6 Å². The van der Waals surface area contributed by atoms with Gasteiger partial charge in [0.2, 0.25) is 10.0 Å². The van der Waals surface area contributed by atoms with Crippen molar-refractivity contribution >= 4 is 33.5 Å². The zero-order chi connectivity index (χ0) is 21.3. The number of ether oxygens (including phenoxy) is 1. The van der Waals surface area contributed by atoms with Crippen molar-refractivity contribution in [2.75, 3.05) is 13.1 Å². The lowest BCUT2D eigenvalue weighted by atomic mass is 10.1. The molecule has 0 saturated carbocycles. The van der Waals surface area contributed by atoms with Crippen LogP contribution in [0.3, 0.4) is 0 Å². The van der Waals surface area contributed by atoms with E-state index in [1.54, 1.807) is 0 Å². The number of rotatable bonds is 10. The van der Waals surface area contributed by atoms with Crippen molar-refractivity contribution in [2.24, 2.45) is 0 Å². The minimum absolute atomic E-state index is 0.0430. The van der Waals surface area contributed by atoms with E-state index in [-0.39, 0.29) is 17.9 Å². The molecule has 0 fully saturated rings. The number of benzene rings is 2. The highest BCUT2D eigenvalue weighted by molar-refractivity contribution is 7.89. The molecule has 0 aromatic heterocycles. The summed E-state index contributed by atoms with van der Waals surface area (Å²) in [5.41, 5.74) is 1.09. The Balaban J connectivity index is 1.69. The first kappa shape index (κ1) is 22.9. The smallest absolute Gasteiger partial charge is 0.307 e. The van der Waals surface area contributed by atoms with Crippen molar-refractivity contribution in [2.45, 2.75) is 30.8 Å². The summed E-state index contributed by atoms with van der Waals surface area (Å²) in [4.78, 5) is 23.9. The topological polar surface area (TPSA) is 102 Å². The lowest BCUT2D eigenvalue weighted by Gasteiger charge is -2.14. The second-order valence-corrected chi connectivity index (χ2v) is 8.46. The van der Waals surface area contributed by atoms with Crippen LogP contribution in [-0.4, -0.2) is 39.5 Å². The SMILES string of the molecule is C[C@H](OC(=O)CCNS(=O)(=O)c1ccc(Cl)cc1)C(=O)NCCc1ccccc1. The Hall–Kier alpha value is -2.42. The van der Waals surface area contributed by atoms with E-state index in [0.717, 1.165) is 5.56 Å². The largest absolute Gasteiger partial charge is 0.453 e. The predicted octanol–water partition coefficient (Wildman–Crippen LogP) is 2.30. The fourth-order valence-corrected chi connectivity index (χ4v) is 3.57. The number of nitrogens with one attached hydrogen (secondary N) is 2. The molecule has 0 aliphatic heterocycles.